The molecule has 1 aliphatic heterocycles. The van der Waals surface area contributed by atoms with E-state index in [1.165, 1.54) is 11.3 Å². The minimum absolute atomic E-state index is 0.114. The fourth-order valence-electron chi connectivity index (χ4n) is 3.41. The average molecular weight is 445 g/mol. The third kappa shape index (κ3) is 6.51. The number of aryl methyl sites for hydroxylation is 1. The molecule has 1 aliphatic rings. The Morgan fingerprint density at radius 1 is 1.13 bits per heavy atom. The summed E-state index contributed by atoms with van der Waals surface area (Å²) in [5.41, 5.74) is 1.59. The third-order valence-electron chi connectivity index (χ3n) is 5.35. The summed E-state index contributed by atoms with van der Waals surface area (Å²) in [6.45, 7) is 8.94. The standard InChI is InChI=1S/C23H32N4O3S/c1-3-4-14-30-15-5-9-24-22(28)19-6-7-20(25-17-19)26-10-12-27(13-11-26)23(29)21-18(2)8-16-31-21/h6-8,16-17H,3-5,9-15H2,1-2H3,(H,24,28). The van der Waals surface area contributed by atoms with E-state index in [1.54, 1.807) is 6.20 Å². The Morgan fingerprint density at radius 3 is 2.55 bits per heavy atom. The lowest BCUT2D eigenvalue weighted by atomic mass is 10.2. The molecule has 1 fully saturated rings. The van der Waals surface area contributed by atoms with Crippen LogP contribution in [0.25, 0.3) is 0 Å². The molecule has 1 N–H and O–H groups in total. The fourth-order valence-corrected chi connectivity index (χ4v) is 4.30. The number of carbonyl (C=O) groups excluding carboxylic acids is 2. The van der Waals surface area contributed by atoms with Gasteiger partial charge >= 0.3 is 0 Å². The molecule has 3 rings (SSSR count). The van der Waals surface area contributed by atoms with E-state index in [0.29, 0.717) is 31.8 Å². The van der Waals surface area contributed by atoms with Gasteiger partial charge in [-0.05, 0) is 48.9 Å². The van der Waals surface area contributed by atoms with E-state index < -0.39 is 0 Å². The Hall–Kier alpha value is -2.45. The maximum Gasteiger partial charge on any atom is 0.264 e. The number of nitrogens with one attached hydrogen (secondary N) is 1. The largest absolute Gasteiger partial charge is 0.381 e. The Balaban J connectivity index is 1.42. The number of anilines is 1. The van der Waals surface area contributed by atoms with Crippen LogP contribution < -0.4 is 10.2 Å². The summed E-state index contributed by atoms with van der Waals surface area (Å²) in [4.78, 5) is 34.3. The minimum atomic E-state index is -0.116. The Bertz CT molecular complexity index is 845. The SMILES string of the molecule is CCCCOCCCNC(=O)c1ccc(N2CCN(C(=O)c3sccc3C)CC2)nc1. The van der Waals surface area contributed by atoms with Crippen LogP contribution in [0.2, 0.25) is 0 Å². The lowest BCUT2D eigenvalue weighted by molar-refractivity contribution is 0.0750. The van der Waals surface area contributed by atoms with Gasteiger partial charge in [-0.2, -0.15) is 0 Å². The van der Waals surface area contributed by atoms with Crippen LogP contribution in [0.15, 0.2) is 29.8 Å². The molecule has 0 unspecified atom stereocenters. The number of hydrogen-bond acceptors (Lipinski definition) is 6. The zero-order chi connectivity index (χ0) is 22.1. The minimum Gasteiger partial charge on any atom is -0.381 e. The number of amides is 2. The zero-order valence-corrected chi connectivity index (χ0v) is 19.2. The molecular formula is C23H32N4O3S. The number of thiophene rings is 1. The second-order valence-corrected chi connectivity index (χ2v) is 8.61. The predicted molar refractivity (Wildman–Crippen MR) is 124 cm³/mol. The van der Waals surface area contributed by atoms with Crippen molar-refractivity contribution < 1.29 is 14.3 Å². The van der Waals surface area contributed by atoms with Crippen LogP contribution in [0.3, 0.4) is 0 Å². The average Bonchev–Trinajstić information content (AvgIpc) is 3.24. The number of ether oxygens (including phenoxy) is 1. The van der Waals surface area contributed by atoms with Crippen molar-refractivity contribution in [1.29, 1.82) is 0 Å². The number of unbranched alkanes of at least 4 members (excludes halogenated alkanes) is 1. The molecule has 2 amide bonds. The normalized spacial score (nSPS) is 14.0. The maximum absolute atomic E-state index is 12.7. The number of aromatic nitrogens is 1. The van der Waals surface area contributed by atoms with Gasteiger partial charge in [0, 0.05) is 52.1 Å². The highest BCUT2D eigenvalue weighted by Gasteiger charge is 2.24. The molecule has 0 saturated carbocycles. The van der Waals surface area contributed by atoms with Gasteiger partial charge in [-0.1, -0.05) is 13.3 Å². The number of rotatable bonds is 10. The van der Waals surface area contributed by atoms with E-state index in [-0.39, 0.29) is 11.8 Å². The van der Waals surface area contributed by atoms with Crippen molar-refractivity contribution >= 4 is 29.0 Å². The van der Waals surface area contributed by atoms with E-state index in [0.717, 1.165) is 55.2 Å². The molecule has 2 aromatic rings. The Kier molecular flexibility index (Phi) is 8.85. The van der Waals surface area contributed by atoms with Crippen molar-refractivity contribution in [3.05, 3.63) is 45.8 Å². The van der Waals surface area contributed by atoms with Crippen molar-refractivity contribution in [2.24, 2.45) is 0 Å². The quantitative estimate of drug-likeness (QED) is 0.569. The predicted octanol–water partition coefficient (Wildman–Crippen LogP) is 3.35. The topological polar surface area (TPSA) is 74.8 Å². The first-order chi connectivity index (χ1) is 15.1. The van der Waals surface area contributed by atoms with E-state index >= 15 is 0 Å². The second kappa shape index (κ2) is 11.8. The summed E-state index contributed by atoms with van der Waals surface area (Å²) in [5.74, 6) is 0.831. The molecule has 0 atom stereocenters. The first-order valence-corrected chi connectivity index (χ1v) is 11.9. The number of nitrogens with zero attached hydrogens (tertiary/aromatic N) is 3. The highest BCUT2D eigenvalue weighted by molar-refractivity contribution is 7.12. The monoisotopic (exact) mass is 444 g/mol. The smallest absolute Gasteiger partial charge is 0.264 e. The van der Waals surface area contributed by atoms with Gasteiger partial charge in [-0.3, -0.25) is 9.59 Å². The molecule has 7 nitrogen and oxygen atoms in total. The summed E-state index contributed by atoms with van der Waals surface area (Å²) in [6, 6.07) is 5.67. The van der Waals surface area contributed by atoms with Crippen LogP contribution in [0.4, 0.5) is 5.82 Å². The molecule has 0 radical (unpaired) electrons. The van der Waals surface area contributed by atoms with Gasteiger partial charge in [0.05, 0.1) is 10.4 Å². The maximum atomic E-state index is 12.7. The van der Waals surface area contributed by atoms with Gasteiger partial charge in [0.15, 0.2) is 0 Å². The van der Waals surface area contributed by atoms with Crippen molar-refractivity contribution in [3.63, 3.8) is 0 Å². The molecule has 168 valence electrons. The molecular weight excluding hydrogens is 412 g/mol. The van der Waals surface area contributed by atoms with Gasteiger partial charge < -0.3 is 19.9 Å². The zero-order valence-electron chi connectivity index (χ0n) is 18.4. The van der Waals surface area contributed by atoms with Gasteiger partial charge in [0.25, 0.3) is 11.8 Å². The lowest BCUT2D eigenvalue weighted by Gasteiger charge is -2.35. The van der Waals surface area contributed by atoms with Crippen molar-refractivity contribution in [2.45, 2.75) is 33.1 Å². The second-order valence-electron chi connectivity index (χ2n) is 7.69. The summed E-state index contributed by atoms with van der Waals surface area (Å²) in [6.07, 6.45) is 4.62. The molecule has 0 spiro atoms. The highest BCUT2D eigenvalue weighted by atomic mass is 32.1. The molecule has 1 saturated heterocycles. The van der Waals surface area contributed by atoms with Crippen molar-refractivity contribution in [3.8, 4) is 0 Å². The van der Waals surface area contributed by atoms with Crippen LogP contribution in [-0.2, 0) is 4.74 Å². The fraction of sp³-hybridized carbons (Fsp3) is 0.522. The number of carbonyl (C=O) groups is 2. The molecule has 31 heavy (non-hydrogen) atoms. The molecule has 3 heterocycles. The Morgan fingerprint density at radius 2 is 1.90 bits per heavy atom. The van der Waals surface area contributed by atoms with Crippen LogP contribution >= 0.6 is 11.3 Å². The van der Waals surface area contributed by atoms with Crippen LogP contribution in [0.5, 0.6) is 0 Å². The van der Waals surface area contributed by atoms with E-state index in [4.69, 9.17) is 4.74 Å². The van der Waals surface area contributed by atoms with Gasteiger partial charge in [-0.25, -0.2) is 4.98 Å². The van der Waals surface area contributed by atoms with Crippen LogP contribution in [0, 0.1) is 6.92 Å². The first kappa shape index (κ1) is 23.2. The Labute approximate surface area is 188 Å². The molecule has 2 aromatic heterocycles. The van der Waals surface area contributed by atoms with Gasteiger partial charge in [0.1, 0.15) is 5.82 Å². The summed E-state index contributed by atoms with van der Waals surface area (Å²) in [5, 5.41) is 4.87. The van der Waals surface area contributed by atoms with Gasteiger partial charge in [0.2, 0.25) is 0 Å². The number of piperazine rings is 1. The molecule has 0 bridgehead atoms. The third-order valence-corrected chi connectivity index (χ3v) is 6.35. The lowest BCUT2D eigenvalue weighted by Crippen LogP contribution is -2.49. The summed E-state index contributed by atoms with van der Waals surface area (Å²) in [7, 11) is 0. The summed E-state index contributed by atoms with van der Waals surface area (Å²) < 4.78 is 5.50. The number of hydrogen-bond donors (Lipinski definition) is 1. The molecule has 0 aliphatic carbocycles. The summed E-state index contributed by atoms with van der Waals surface area (Å²) >= 11 is 1.50. The first-order valence-electron chi connectivity index (χ1n) is 11.0. The van der Waals surface area contributed by atoms with E-state index in [1.807, 2.05) is 35.4 Å². The van der Waals surface area contributed by atoms with Gasteiger partial charge in [-0.15, -0.1) is 11.3 Å². The van der Waals surface area contributed by atoms with E-state index in [2.05, 4.69) is 22.1 Å². The van der Waals surface area contributed by atoms with Crippen LogP contribution in [-0.4, -0.2) is 67.6 Å². The van der Waals surface area contributed by atoms with Crippen molar-refractivity contribution in [1.82, 2.24) is 15.2 Å². The number of pyridine rings is 1. The van der Waals surface area contributed by atoms with Crippen molar-refractivity contribution in [2.75, 3.05) is 50.8 Å². The molecule has 8 heteroatoms. The van der Waals surface area contributed by atoms with E-state index in [9.17, 15) is 9.59 Å². The van der Waals surface area contributed by atoms with Crippen LogP contribution in [0.1, 0.15) is 51.8 Å². The highest BCUT2D eigenvalue weighted by Crippen LogP contribution is 2.20. The molecule has 0 aromatic carbocycles.